The zero-order valence-electron chi connectivity index (χ0n) is 11.3. The molecule has 2 heterocycles. The Kier molecular flexibility index (Phi) is 4.97. The summed E-state index contributed by atoms with van der Waals surface area (Å²) >= 11 is 0. The van der Waals surface area contributed by atoms with Crippen molar-refractivity contribution in [3.05, 3.63) is 0 Å². The van der Waals surface area contributed by atoms with Crippen molar-refractivity contribution in [3.8, 4) is 0 Å². The van der Waals surface area contributed by atoms with Gasteiger partial charge in [0.05, 0.1) is 19.3 Å². The smallest absolute Gasteiger partial charge is 0.239 e. The van der Waals surface area contributed by atoms with Crippen LogP contribution < -0.4 is 5.73 Å². The van der Waals surface area contributed by atoms with E-state index in [4.69, 9.17) is 10.5 Å². The van der Waals surface area contributed by atoms with Gasteiger partial charge in [-0.1, -0.05) is 0 Å². The number of piperidine rings is 1. The van der Waals surface area contributed by atoms with Crippen molar-refractivity contribution in [2.45, 2.75) is 25.8 Å². The quantitative estimate of drug-likeness (QED) is 0.765. The Labute approximate surface area is 109 Å². The van der Waals surface area contributed by atoms with Crippen LogP contribution in [0, 0.1) is 5.92 Å². The number of ether oxygens (including phenoxy) is 1. The van der Waals surface area contributed by atoms with Crippen LogP contribution in [0.3, 0.4) is 0 Å². The molecule has 0 aromatic carbocycles. The average Bonchev–Trinajstić information content (AvgIpc) is 2.40. The number of likely N-dealkylation sites (tertiary alicyclic amines) is 1. The minimum atomic E-state index is -0.360. The number of nitrogens with zero attached hydrogens (tertiary/aromatic N) is 2. The highest BCUT2D eigenvalue weighted by atomic mass is 16.5. The van der Waals surface area contributed by atoms with Gasteiger partial charge in [0.25, 0.3) is 0 Å². The number of hydrogen-bond acceptors (Lipinski definition) is 4. The zero-order chi connectivity index (χ0) is 13.0. The van der Waals surface area contributed by atoms with Gasteiger partial charge < -0.3 is 15.4 Å². The first kappa shape index (κ1) is 13.8. The van der Waals surface area contributed by atoms with Crippen LogP contribution in [0.15, 0.2) is 0 Å². The molecular formula is C13H25N3O2. The largest absolute Gasteiger partial charge is 0.379 e. The van der Waals surface area contributed by atoms with Gasteiger partial charge in [-0.3, -0.25) is 9.69 Å². The predicted molar refractivity (Wildman–Crippen MR) is 70.2 cm³/mol. The summed E-state index contributed by atoms with van der Waals surface area (Å²) in [5.74, 6) is 0.819. The minimum Gasteiger partial charge on any atom is -0.379 e. The summed E-state index contributed by atoms with van der Waals surface area (Å²) in [5, 5.41) is 0. The summed E-state index contributed by atoms with van der Waals surface area (Å²) in [6, 6.07) is -0.360. The molecule has 2 aliphatic rings. The molecule has 2 N–H and O–H groups in total. The SMILES string of the molecule is C[C@@H](N)C(=O)N1CCC(CN2CCOCC2)CC1. The normalized spacial score (nSPS) is 25.1. The lowest BCUT2D eigenvalue weighted by Gasteiger charge is -2.36. The highest BCUT2D eigenvalue weighted by Crippen LogP contribution is 2.19. The number of carbonyl (C=O) groups excluding carboxylic acids is 1. The molecule has 2 saturated heterocycles. The third-order valence-electron chi connectivity index (χ3n) is 3.94. The highest BCUT2D eigenvalue weighted by molar-refractivity contribution is 5.81. The van der Waals surface area contributed by atoms with E-state index in [1.54, 1.807) is 6.92 Å². The second-order valence-electron chi connectivity index (χ2n) is 5.47. The molecule has 0 aromatic heterocycles. The Bertz CT molecular complexity index is 269. The third-order valence-corrected chi connectivity index (χ3v) is 3.94. The summed E-state index contributed by atoms with van der Waals surface area (Å²) in [7, 11) is 0. The van der Waals surface area contributed by atoms with Crippen molar-refractivity contribution in [3.63, 3.8) is 0 Å². The summed E-state index contributed by atoms with van der Waals surface area (Å²) in [6.45, 7) is 8.50. The molecule has 1 atom stereocenters. The first-order chi connectivity index (χ1) is 8.66. The lowest BCUT2D eigenvalue weighted by molar-refractivity contribution is -0.133. The maximum atomic E-state index is 11.8. The summed E-state index contributed by atoms with van der Waals surface area (Å²) in [4.78, 5) is 16.2. The van der Waals surface area contributed by atoms with Crippen molar-refractivity contribution >= 4 is 5.91 Å². The van der Waals surface area contributed by atoms with Gasteiger partial charge in [0.2, 0.25) is 5.91 Å². The van der Waals surface area contributed by atoms with Crippen LogP contribution >= 0.6 is 0 Å². The van der Waals surface area contributed by atoms with E-state index in [1.165, 1.54) is 0 Å². The monoisotopic (exact) mass is 255 g/mol. The van der Waals surface area contributed by atoms with Gasteiger partial charge >= 0.3 is 0 Å². The molecule has 5 heteroatoms. The zero-order valence-corrected chi connectivity index (χ0v) is 11.3. The number of rotatable bonds is 3. The Hall–Kier alpha value is -0.650. The van der Waals surface area contributed by atoms with Crippen LogP contribution in [-0.4, -0.2) is 67.7 Å². The van der Waals surface area contributed by atoms with E-state index in [9.17, 15) is 4.79 Å². The van der Waals surface area contributed by atoms with Crippen molar-refractivity contribution < 1.29 is 9.53 Å². The molecule has 0 aromatic rings. The van der Waals surface area contributed by atoms with E-state index in [-0.39, 0.29) is 11.9 Å². The molecule has 0 unspecified atom stereocenters. The fraction of sp³-hybridized carbons (Fsp3) is 0.923. The van der Waals surface area contributed by atoms with E-state index in [1.807, 2.05) is 4.90 Å². The first-order valence-electron chi connectivity index (χ1n) is 7.01. The van der Waals surface area contributed by atoms with Gasteiger partial charge in [-0.25, -0.2) is 0 Å². The van der Waals surface area contributed by atoms with Gasteiger partial charge in [0.15, 0.2) is 0 Å². The molecule has 0 bridgehead atoms. The molecule has 2 aliphatic heterocycles. The molecular weight excluding hydrogens is 230 g/mol. The van der Waals surface area contributed by atoms with Crippen LogP contribution in [0.4, 0.5) is 0 Å². The van der Waals surface area contributed by atoms with E-state index in [2.05, 4.69) is 4.90 Å². The fourth-order valence-electron chi connectivity index (χ4n) is 2.77. The predicted octanol–water partition coefficient (Wildman–Crippen LogP) is -0.0956. The van der Waals surface area contributed by atoms with E-state index in [0.717, 1.165) is 64.7 Å². The van der Waals surface area contributed by atoms with Crippen molar-refractivity contribution in [1.82, 2.24) is 9.80 Å². The number of amides is 1. The topological polar surface area (TPSA) is 58.8 Å². The molecule has 0 spiro atoms. The van der Waals surface area contributed by atoms with Gasteiger partial charge in [0, 0.05) is 32.7 Å². The number of morpholine rings is 1. The Morgan fingerprint density at radius 3 is 2.44 bits per heavy atom. The number of carbonyl (C=O) groups is 1. The minimum absolute atomic E-state index is 0.0971. The molecule has 5 nitrogen and oxygen atoms in total. The molecule has 18 heavy (non-hydrogen) atoms. The summed E-state index contributed by atoms with van der Waals surface area (Å²) in [6.07, 6.45) is 2.21. The van der Waals surface area contributed by atoms with Crippen LogP contribution in [0.5, 0.6) is 0 Å². The maximum absolute atomic E-state index is 11.8. The standard InChI is InChI=1S/C13H25N3O2/c1-11(14)13(17)16-4-2-12(3-5-16)10-15-6-8-18-9-7-15/h11-12H,2-10,14H2,1H3/t11-/m1/s1. The van der Waals surface area contributed by atoms with Crippen molar-refractivity contribution in [2.75, 3.05) is 45.9 Å². The van der Waals surface area contributed by atoms with Crippen LogP contribution in [0.25, 0.3) is 0 Å². The van der Waals surface area contributed by atoms with Crippen LogP contribution in [0.1, 0.15) is 19.8 Å². The summed E-state index contributed by atoms with van der Waals surface area (Å²) in [5.41, 5.74) is 5.64. The molecule has 2 rings (SSSR count). The van der Waals surface area contributed by atoms with Gasteiger partial charge in [0.1, 0.15) is 0 Å². The van der Waals surface area contributed by atoms with E-state index >= 15 is 0 Å². The van der Waals surface area contributed by atoms with E-state index < -0.39 is 0 Å². The lowest BCUT2D eigenvalue weighted by atomic mass is 9.95. The second kappa shape index (κ2) is 6.50. The maximum Gasteiger partial charge on any atom is 0.239 e. The van der Waals surface area contributed by atoms with Crippen LogP contribution in [0.2, 0.25) is 0 Å². The number of nitrogens with two attached hydrogens (primary N) is 1. The fourth-order valence-corrected chi connectivity index (χ4v) is 2.77. The molecule has 1 amide bonds. The van der Waals surface area contributed by atoms with Gasteiger partial charge in [-0.15, -0.1) is 0 Å². The Balaban J connectivity index is 1.71. The Morgan fingerprint density at radius 1 is 1.28 bits per heavy atom. The molecule has 104 valence electrons. The van der Waals surface area contributed by atoms with Crippen molar-refractivity contribution in [1.29, 1.82) is 0 Å². The summed E-state index contributed by atoms with van der Waals surface area (Å²) < 4.78 is 5.36. The molecule has 2 fully saturated rings. The van der Waals surface area contributed by atoms with Crippen molar-refractivity contribution in [2.24, 2.45) is 11.7 Å². The Morgan fingerprint density at radius 2 is 1.89 bits per heavy atom. The number of hydrogen-bond donors (Lipinski definition) is 1. The van der Waals surface area contributed by atoms with Gasteiger partial charge in [-0.05, 0) is 25.7 Å². The van der Waals surface area contributed by atoms with Gasteiger partial charge in [-0.2, -0.15) is 0 Å². The lowest BCUT2D eigenvalue weighted by Crippen LogP contribution is -2.48. The van der Waals surface area contributed by atoms with Crippen LogP contribution in [-0.2, 0) is 9.53 Å². The third kappa shape index (κ3) is 3.67. The molecule has 0 saturated carbocycles. The second-order valence-corrected chi connectivity index (χ2v) is 5.47. The first-order valence-corrected chi connectivity index (χ1v) is 7.01. The molecule has 0 aliphatic carbocycles. The van der Waals surface area contributed by atoms with E-state index in [0.29, 0.717) is 0 Å². The molecule has 0 radical (unpaired) electrons. The highest BCUT2D eigenvalue weighted by Gasteiger charge is 2.25. The average molecular weight is 255 g/mol.